The second-order valence-corrected chi connectivity index (χ2v) is 24.3. The lowest BCUT2D eigenvalue weighted by atomic mass is 9.31. The van der Waals surface area contributed by atoms with Gasteiger partial charge >= 0.3 is 0 Å². The van der Waals surface area contributed by atoms with Gasteiger partial charge in [-0.25, -0.2) is 0 Å². The predicted octanol–water partition coefficient (Wildman–Crippen LogP) is 15.5. The van der Waals surface area contributed by atoms with Crippen molar-refractivity contribution >= 4 is 73.7 Å². The van der Waals surface area contributed by atoms with E-state index in [0.717, 1.165) is 0 Å². The van der Waals surface area contributed by atoms with Crippen molar-refractivity contribution in [1.29, 1.82) is 0 Å². The number of fused-ring (bicyclic) bond motifs is 9. The van der Waals surface area contributed by atoms with Gasteiger partial charge in [0.05, 0.1) is 16.9 Å². The van der Waals surface area contributed by atoms with E-state index in [2.05, 4.69) is 238 Å². The first-order valence-corrected chi connectivity index (χ1v) is 25.5. The number of nitrogens with zero attached hydrogens (tertiary/aromatic N) is 2. The van der Waals surface area contributed by atoms with Crippen LogP contribution in [0.4, 0.5) is 17.1 Å². The van der Waals surface area contributed by atoms with E-state index in [1.807, 2.05) is 11.8 Å². The maximum Gasteiger partial charge on any atom is 0.247 e. The fourth-order valence-electron chi connectivity index (χ4n) is 12.0. The third-order valence-corrected chi connectivity index (χ3v) is 16.6. The molecule has 4 heteroatoms. The number of hydrogen-bond acceptors (Lipinski definition) is 2. The second-order valence-electron chi connectivity index (χ2n) is 23.2. The highest BCUT2D eigenvalue weighted by Gasteiger charge is 2.44. The minimum atomic E-state index is -0.0183. The summed E-state index contributed by atoms with van der Waals surface area (Å²) in [6.45, 7) is 28.2. The molecule has 4 heterocycles. The molecule has 336 valence electrons. The summed E-state index contributed by atoms with van der Waals surface area (Å²) in [6.07, 6.45) is 0. The van der Waals surface area contributed by atoms with Crippen LogP contribution in [0, 0.1) is 20.8 Å². The van der Waals surface area contributed by atoms with Crippen LogP contribution < -0.4 is 21.3 Å². The van der Waals surface area contributed by atoms with Gasteiger partial charge in [0.2, 0.25) is 6.71 Å². The molecule has 0 fully saturated rings. The standard InChI is InChI=1S/C64H61BN2S/c1-37-29-49-59(41-23-21-40(22-24-41)58-38(2)31-45(32-39(58)3)66-53-17-13-15-19-56(53)68-57-20-16-14-18-54(57)66)48-34-42(62(4,5)6)25-27-50(48)65-51-36-44(64(10,11)12)35-47-46-33-43(63(7,8)9)26-28-52(46)67(61(47)51)55(30-37)60(49)65/h13-36,59H,1-12H3. The fourth-order valence-corrected chi connectivity index (χ4v) is 13.1. The Bertz CT molecular complexity index is 3520. The second kappa shape index (κ2) is 14.9. The van der Waals surface area contributed by atoms with Crippen LogP contribution in [-0.2, 0) is 16.2 Å². The number of benzene rings is 8. The van der Waals surface area contributed by atoms with E-state index in [9.17, 15) is 0 Å². The van der Waals surface area contributed by atoms with Gasteiger partial charge in [0.15, 0.2) is 0 Å². The summed E-state index contributed by atoms with van der Waals surface area (Å²) >= 11 is 1.86. The lowest BCUT2D eigenvalue weighted by Crippen LogP contribution is -2.61. The number of aryl methyl sites for hydroxylation is 3. The van der Waals surface area contributed by atoms with E-state index in [1.165, 1.54) is 132 Å². The summed E-state index contributed by atoms with van der Waals surface area (Å²) in [5.74, 6) is 0.0742. The summed E-state index contributed by atoms with van der Waals surface area (Å²) in [5, 5.41) is 2.73. The summed E-state index contributed by atoms with van der Waals surface area (Å²) in [6, 6.07) is 56.9. The van der Waals surface area contributed by atoms with Crippen molar-refractivity contribution in [2.45, 2.75) is 115 Å². The number of aromatic nitrogens is 1. The third-order valence-electron chi connectivity index (χ3n) is 15.4. The molecule has 0 N–H and O–H groups in total. The van der Waals surface area contributed by atoms with Gasteiger partial charge in [-0.1, -0.05) is 164 Å². The van der Waals surface area contributed by atoms with Crippen molar-refractivity contribution in [3.8, 4) is 16.8 Å². The maximum atomic E-state index is 2.64. The Morgan fingerprint density at radius 2 is 1.09 bits per heavy atom. The molecule has 3 aliphatic rings. The molecule has 0 amide bonds. The Morgan fingerprint density at radius 1 is 0.500 bits per heavy atom. The molecule has 0 spiro atoms. The molecule has 12 rings (SSSR count). The Labute approximate surface area is 408 Å². The minimum Gasteiger partial charge on any atom is -0.310 e. The first-order chi connectivity index (χ1) is 32.3. The molecule has 2 nitrogen and oxygen atoms in total. The molecule has 1 aromatic heterocycles. The van der Waals surface area contributed by atoms with Gasteiger partial charge in [-0.15, -0.1) is 0 Å². The van der Waals surface area contributed by atoms with Crippen LogP contribution in [0.15, 0.2) is 155 Å². The number of para-hydroxylation sites is 2. The molecular formula is C64H61BN2S. The van der Waals surface area contributed by atoms with Crippen LogP contribution in [0.1, 0.15) is 118 Å². The van der Waals surface area contributed by atoms with Crippen LogP contribution in [0.2, 0.25) is 0 Å². The molecule has 68 heavy (non-hydrogen) atoms. The highest BCUT2D eigenvalue weighted by molar-refractivity contribution is 7.99. The summed E-state index contributed by atoms with van der Waals surface area (Å²) in [7, 11) is 0. The fraction of sp³-hybridized carbons (Fsp3) is 0.250. The first kappa shape index (κ1) is 43.1. The topological polar surface area (TPSA) is 8.17 Å². The van der Waals surface area contributed by atoms with Gasteiger partial charge in [-0.2, -0.15) is 0 Å². The Balaban J connectivity index is 1.04. The van der Waals surface area contributed by atoms with E-state index in [0.29, 0.717) is 0 Å². The van der Waals surface area contributed by atoms with Crippen molar-refractivity contribution in [1.82, 2.24) is 4.57 Å². The van der Waals surface area contributed by atoms with Crippen LogP contribution in [0.3, 0.4) is 0 Å². The molecule has 3 aliphatic heterocycles. The summed E-state index contributed by atoms with van der Waals surface area (Å²) in [4.78, 5) is 5.01. The zero-order chi connectivity index (χ0) is 47.3. The third kappa shape index (κ3) is 6.53. The van der Waals surface area contributed by atoms with Gasteiger partial charge in [0.1, 0.15) is 0 Å². The van der Waals surface area contributed by atoms with Gasteiger partial charge in [-0.05, 0) is 170 Å². The molecule has 0 radical (unpaired) electrons. The predicted molar refractivity (Wildman–Crippen MR) is 294 cm³/mol. The zero-order valence-electron chi connectivity index (χ0n) is 41.8. The molecular weight excluding hydrogens is 840 g/mol. The van der Waals surface area contributed by atoms with Gasteiger partial charge in [0.25, 0.3) is 0 Å². The van der Waals surface area contributed by atoms with Crippen LogP contribution >= 0.6 is 11.8 Å². The molecule has 1 unspecified atom stereocenters. The van der Waals surface area contributed by atoms with Gasteiger partial charge < -0.3 is 9.47 Å². The summed E-state index contributed by atoms with van der Waals surface area (Å²) in [5.41, 5.74) is 26.8. The number of hydrogen-bond donors (Lipinski definition) is 0. The number of anilines is 3. The van der Waals surface area contributed by atoms with Crippen molar-refractivity contribution < 1.29 is 0 Å². The Morgan fingerprint density at radius 3 is 1.72 bits per heavy atom. The minimum absolute atomic E-state index is 0.00303. The average Bonchev–Trinajstić information content (AvgIpc) is 3.62. The quantitative estimate of drug-likeness (QED) is 0.163. The number of rotatable bonds is 3. The highest BCUT2D eigenvalue weighted by atomic mass is 32.2. The molecule has 8 aromatic carbocycles. The molecule has 0 bridgehead atoms. The van der Waals surface area contributed by atoms with Crippen molar-refractivity contribution in [2.75, 3.05) is 4.90 Å². The Kier molecular flexibility index (Phi) is 9.43. The summed E-state index contributed by atoms with van der Waals surface area (Å²) < 4.78 is 2.64. The normalized spacial score (nSPS) is 15.1. The van der Waals surface area contributed by atoms with E-state index < -0.39 is 0 Å². The molecule has 9 aromatic rings. The Hall–Kier alpha value is -6.23. The van der Waals surface area contributed by atoms with Crippen LogP contribution in [-0.4, -0.2) is 11.3 Å². The molecule has 0 saturated carbocycles. The van der Waals surface area contributed by atoms with Gasteiger partial charge in [-0.3, -0.25) is 0 Å². The molecule has 0 saturated heterocycles. The smallest absolute Gasteiger partial charge is 0.247 e. The van der Waals surface area contributed by atoms with Gasteiger partial charge in [0, 0.05) is 43.4 Å². The lowest BCUT2D eigenvalue weighted by molar-refractivity contribution is 0.589. The van der Waals surface area contributed by atoms with Crippen molar-refractivity contribution in [3.05, 3.63) is 196 Å². The SMILES string of the molecule is Cc1cc2c3c(c1)-n1c4ccc(C(C)(C)C)cc4c4cc(C(C)(C)C)cc(c41)B3c1ccc(C(C)(C)C)cc1C2c1ccc(-c2c(C)cc(N3c4ccccc4Sc4ccccc43)cc2C)cc1. The average molecular weight is 901 g/mol. The lowest BCUT2D eigenvalue weighted by Gasteiger charge is -2.39. The largest absolute Gasteiger partial charge is 0.310 e. The first-order valence-electron chi connectivity index (χ1n) is 24.6. The van der Waals surface area contributed by atoms with Crippen LogP contribution in [0.25, 0.3) is 38.6 Å². The van der Waals surface area contributed by atoms with E-state index >= 15 is 0 Å². The van der Waals surface area contributed by atoms with E-state index in [4.69, 9.17) is 0 Å². The maximum absolute atomic E-state index is 2.64. The van der Waals surface area contributed by atoms with Crippen LogP contribution in [0.5, 0.6) is 0 Å². The monoisotopic (exact) mass is 900 g/mol. The van der Waals surface area contributed by atoms with Crippen molar-refractivity contribution in [2.24, 2.45) is 0 Å². The van der Waals surface area contributed by atoms with E-state index in [-0.39, 0.29) is 28.9 Å². The van der Waals surface area contributed by atoms with Crippen molar-refractivity contribution in [3.63, 3.8) is 0 Å². The van der Waals surface area contributed by atoms with E-state index in [1.54, 1.807) is 0 Å². The molecule has 1 atom stereocenters. The molecule has 0 aliphatic carbocycles. The zero-order valence-corrected chi connectivity index (χ0v) is 42.6. The highest BCUT2D eigenvalue weighted by Crippen LogP contribution is 2.52.